The van der Waals surface area contributed by atoms with Crippen LogP contribution in [-0.2, 0) is 0 Å². The third kappa shape index (κ3) is 3.79. The summed E-state index contributed by atoms with van der Waals surface area (Å²) in [4.78, 5) is 5.53. The summed E-state index contributed by atoms with van der Waals surface area (Å²) in [7, 11) is 0. The van der Waals surface area contributed by atoms with Crippen LogP contribution in [0.4, 0.5) is 0 Å². The van der Waals surface area contributed by atoms with Gasteiger partial charge in [0.2, 0.25) is 0 Å². The highest BCUT2D eigenvalue weighted by molar-refractivity contribution is 5.03. The van der Waals surface area contributed by atoms with E-state index < -0.39 is 0 Å². The largest absolute Gasteiger partial charge is 0.300 e. The van der Waals surface area contributed by atoms with Gasteiger partial charge in [0.15, 0.2) is 0 Å². The quantitative estimate of drug-likeness (QED) is 0.685. The lowest BCUT2D eigenvalue weighted by Gasteiger charge is -2.57. The highest BCUT2D eigenvalue weighted by Gasteiger charge is 2.49. The molecule has 3 rings (SSSR count). The Hall–Kier alpha value is -0.0800. The highest BCUT2D eigenvalue weighted by Crippen LogP contribution is 2.52. The maximum atomic E-state index is 2.84. The number of rotatable bonds is 1. The van der Waals surface area contributed by atoms with Gasteiger partial charge in [-0.15, -0.1) is 0 Å². The number of nitrogens with zero attached hydrogens (tertiary/aromatic N) is 2. The third-order valence-electron chi connectivity index (χ3n) is 7.38. The molecule has 134 valence electrons. The Bertz CT molecular complexity index is 391. The predicted molar refractivity (Wildman–Crippen MR) is 99.8 cm³/mol. The second-order valence-electron chi connectivity index (χ2n) is 10.9. The lowest BCUT2D eigenvalue weighted by Crippen LogP contribution is -2.58. The van der Waals surface area contributed by atoms with Crippen LogP contribution in [0, 0.1) is 16.7 Å². The van der Waals surface area contributed by atoms with E-state index in [2.05, 4.69) is 51.3 Å². The standard InChI is InChI=1S/C21H40N2/c1-19(2,3)17-7-11-22(12-8-17)18-15-21(16-18)9-13-23(14-10-21)20(4,5)6/h17-18H,7-16H2,1-6H3. The molecular formula is C21H40N2. The van der Waals surface area contributed by atoms with Crippen LogP contribution in [0.15, 0.2) is 0 Å². The molecular weight excluding hydrogens is 280 g/mol. The topological polar surface area (TPSA) is 6.48 Å². The summed E-state index contributed by atoms with van der Waals surface area (Å²) in [6.45, 7) is 19.7. The van der Waals surface area contributed by atoms with E-state index in [0.717, 1.165) is 12.0 Å². The van der Waals surface area contributed by atoms with Gasteiger partial charge < -0.3 is 4.90 Å². The Labute approximate surface area is 145 Å². The second kappa shape index (κ2) is 6.02. The van der Waals surface area contributed by atoms with Gasteiger partial charge in [0.05, 0.1) is 0 Å². The molecule has 0 radical (unpaired) electrons. The van der Waals surface area contributed by atoms with E-state index in [-0.39, 0.29) is 0 Å². The summed E-state index contributed by atoms with van der Waals surface area (Å²) in [6.07, 6.45) is 8.71. The normalized spacial score (nSPS) is 29.0. The molecule has 1 saturated carbocycles. The molecule has 0 atom stereocenters. The number of hydrogen-bond acceptors (Lipinski definition) is 2. The van der Waals surface area contributed by atoms with Crippen LogP contribution in [0.3, 0.4) is 0 Å². The van der Waals surface area contributed by atoms with Crippen molar-refractivity contribution in [2.45, 2.75) is 91.6 Å². The van der Waals surface area contributed by atoms with Gasteiger partial charge in [-0.1, -0.05) is 20.8 Å². The molecule has 2 saturated heterocycles. The van der Waals surface area contributed by atoms with Gasteiger partial charge in [-0.2, -0.15) is 0 Å². The van der Waals surface area contributed by atoms with Crippen LogP contribution in [0.5, 0.6) is 0 Å². The molecule has 2 heteroatoms. The summed E-state index contributed by atoms with van der Waals surface area (Å²) in [5.41, 5.74) is 1.58. The lowest BCUT2D eigenvalue weighted by molar-refractivity contribution is -0.0684. The fourth-order valence-corrected chi connectivity index (χ4v) is 5.39. The summed E-state index contributed by atoms with van der Waals surface area (Å²) in [6, 6.07) is 0.914. The van der Waals surface area contributed by atoms with Gasteiger partial charge in [-0.25, -0.2) is 0 Å². The first-order valence-corrected chi connectivity index (χ1v) is 10.1. The molecule has 0 amide bonds. The summed E-state index contributed by atoms with van der Waals surface area (Å²) < 4.78 is 0. The van der Waals surface area contributed by atoms with Crippen LogP contribution in [0.1, 0.15) is 80.1 Å². The summed E-state index contributed by atoms with van der Waals surface area (Å²) in [5.74, 6) is 0.933. The average molecular weight is 321 g/mol. The lowest BCUT2D eigenvalue weighted by atomic mass is 9.59. The van der Waals surface area contributed by atoms with Crippen molar-refractivity contribution >= 4 is 0 Å². The predicted octanol–water partition coefficient (Wildman–Crippen LogP) is 4.79. The molecule has 2 heterocycles. The Balaban J connectivity index is 1.44. The molecule has 0 unspecified atom stereocenters. The van der Waals surface area contributed by atoms with Gasteiger partial charge in [-0.3, -0.25) is 4.90 Å². The van der Waals surface area contributed by atoms with Crippen LogP contribution in [0.25, 0.3) is 0 Å². The van der Waals surface area contributed by atoms with Crippen molar-refractivity contribution < 1.29 is 0 Å². The number of piperidine rings is 2. The molecule has 1 aliphatic carbocycles. The minimum atomic E-state index is 0.361. The van der Waals surface area contributed by atoms with Crippen molar-refractivity contribution in [3.63, 3.8) is 0 Å². The molecule has 23 heavy (non-hydrogen) atoms. The fourth-order valence-electron chi connectivity index (χ4n) is 5.39. The van der Waals surface area contributed by atoms with E-state index in [1.807, 2.05) is 0 Å². The third-order valence-corrected chi connectivity index (χ3v) is 7.38. The Morgan fingerprint density at radius 2 is 1.30 bits per heavy atom. The zero-order valence-electron chi connectivity index (χ0n) is 16.6. The van der Waals surface area contributed by atoms with Crippen molar-refractivity contribution in [1.29, 1.82) is 0 Å². The molecule has 0 aromatic heterocycles. The van der Waals surface area contributed by atoms with Gasteiger partial charge in [0, 0.05) is 11.6 Å². The zero-order valence-corrected chi connectivity index (χ0v) is 16.6. The van der Waals surface area contributed by atoms with Gasteiger partial charge in [0.25, 0.3) is 0 Å². The van der Waals surface area contributed by atoms with Gasteiger partial charge >= 0.3 is 0 Å². The number of hydrogen-bond donors (Lipinski definition) is 0. The molecule has 2 nitrogen and oxygen atoms in total. The monoisotopic (exact) mass is 320 g/mol. The van der Waals surface area contributed by atoms with E-state index >= 15 is 0 Å². The Morgan fingerprint density at radius 3 is 1.74 bits per heavy atom. The average Bonchev–Trinajstić information content (AvgIpc) is 2.43. The summed E-state index contributed by atoms with van der Waals surface area (Å²) >= 11 is 0. The maximum Gasteiger partial charge on any atom is 0.0125 e. The van der Waals surface area contributed by atoms with Crippen molar-refractivity contribution in [2.24, 2.45) is 16.7 Å². The minimum Gasteiger partial charge on any atom is -0.300 e. The van der Waals surface area contributed by atoms with Crippen LogP contribution >= 0.6 is 0 Å². The Morgan fingerprint density at radius 1 is 0.783 bits per heavy atom. The molecule has 0 aromatic rings. The highest BCUT2D eigenvalue weighted by atomic mass is 15.2. The SMILES string of the molecule is CC(C)(C)C1CCN(C2CC3(CCN(C(C)(C)C)CC3)C2)CC1. The zero-order chi connectivity index (χ0) is 16.9. The molecule has 3 fully saturated rings. The van der Waals surface area contributed by atoms with E-state index in [1.54, 1.807) is 0 Å². The second-order valence-corrected chi connectivity index (χ2v) is 10.9. The van der Waals surface area contributed by atoms with E-state index in [1.165, 1.54) is 64.7 Å². The fraction of sp³-hybridized carbons (Fsp3) is 1.00. The first-order chi connectivity index (χ1) is 10.6. The van der Waals surface area contributed by atoms with Crippen molar-refractivity contribution in [2.75, 3.05) is 26.2 Å². The number of likely N-dealkylation sites (tertiary alicyclic amines) is 2. The molecule has 2 aliphatic heterocycles. The molecule has 0 bridgehead atoms. The smallest absolute Gasteiger partial charge is 0.0125 e. The van der Waals surface area contributed by atoms with E-state index in [0.29, 0.717) is 16.4 Å². The molecule has 3 aliphatic rings. The summed E-state index contributed by atoms with van der Waals surface area (Å²) in [5, 5.41) is 0. The molecule has 0 N–H and O–H groups in total. The van der Waals surface area contributed by atoms with E-state index in [9.17, 15) is 0 Å². The van der Waals surface area contributed by atoms with Crippen molar-refractivity contribution in [3.8, 4) is 0 Å². The van der Waals surface area contributed by atoms with Crippen LogP contribution in [0.2, 0.25) is 0 Å². The van der Waals surface area contributed by atoms with Crippen molar-refractivity contribution in [3.05, 3.63) is 0 Å². The van der Waals surface area contributed by atoms with Crippen LogP contribution in [-0.4, -0.2) is 47.6 Å². The minimum absolute atomic E-state index is 0.361. The van der Waals surface area contributed by atoms with Crippen molar-refractivity contribution in [1.82, 2.24) is 9.80 Å². The first-order valence-electron chi connectivity index (χ1n) is 10.1. The Kier molecular flexibility index (Phi) is 4.64. The van der Waals surface area contributed by atoms with Gasteiger partial charge in [0.1, 0.15) is 0 Å². The molecule has 0 aromatic carbocycles. The molecule has 1 spiro atoms. The first kappa shape index (κ1) is 17.7. The van der Waals surface area contributed by atoms with Crippen LogP contribution < -0.4 is 0 Å². The van der Waals surface area contributed by atoms with Gasteiger partial charge in [-0.05, 0) is 102 Å². The maximum absolute atomic E-state index is 2.84. The van der Waals surface area contributed by atoms with E-state index in [4.69, 9.17) is 0 Å².